The number of allylic oxidation sites excluding steroid dienone is 2. The molecular weight excluding hydrogens is 640 g/mol. The van der Waals surface area contributed by atoms with Gasteiger partial charge >= 0.3 is 23.9 Å². The van der Waals surface area contributed by atoms with Gasteiger partial charge in [0.1, 0.15) is 13.2 Å². The molecule has 1 heterocycles. The second-order valence-electron chi connectivity index (χ2n) is 13.9. The minimum Gasteiger partial charge on any atom is -0.465 e. The van der Waals surface area contributed by atoms with E-state index in [0.717, 1.165) is 25.7 Å². The van der Waals surface area contributed by atoms with E-state index in [1.165, 1.54) is 38.5 Å². The molecule has 0 atom stereocenters. The lowest BCUT2D eigenvalue weighted by atomic mass is 9.91. The van der Waals surface area contributed by atoms with Crippen LogP contribution >= 0.6 is 0 Å². The Balaban J connectivity index is 2.23. The van der Waals surface area contributed by atoms with Gasteiger partial charge in [-0.15, -0.1) is 0 Å². The molecule has 0 radical (unpaired) electrons. The smallest absolute Gasteiger partial charge is 0.305 e. The first-order valence-electron chi connectivity index (χ1n) is 19.3. The van der Waals surface area contributed by atoms with Gasteiger partial charge < -0.3 is 28.4 Å². The van der Waals surface area contributed by atoms with Gasteiger partial charge in [0.15, 0.2) is 5.79 Å². The summed E-state index contributed by atoms with van der Waals surface area (Å²) in [6.07, 6.45) is 24.3. The summed E-state index contributed by atoms with van der Waals surface area (Å²) in [5.74, 6) is -1.92. The van der Waals surface area contributed by atoms with Crippen molar-refractivity contribution in [1.82, 2.24) is 0 Å². The van der Waals surface area contributed by atoms with Gasteiger partial charge in [0, 0.05) is 25.7 Å². The highest BCUT2D eigenvalue weighted by atomic mass is 16.7. The monoisotopic (exact) mass is 708 g/mol. The Bertz CT molecular complexity index is 911. The number of carbonyl (C=O) groups is 4. The Hall–Kier alpha value is -2.72. The van der Waals surface area contributed by atoms with Crippen molar-refractivity contribution < 1.29 is 47.6 Å². The van der Waals surface area contributed by atoms with Crippen LogP contribution in [-0.4, -0.2) is 69.3 Å². The molecule has 1 aliphatic rings. The average Bonchev–Trinajstić information content (AvgIpc) is 3.09. The maximum atomic E-state index is 12.5. The summed E-state index contributed by atoms with van der Waals surface area (Å²) in [5, 5.41) is 0. The lowest BCUT2D eigenvalue weighted by molar-refractivity contribution is -0.296. The molecule has 10 heteroatoms. The van der Waals surface area contributed by atoms with E-state index in [0.29, 0.717) is 64.6 Å². The minimum absolute atomic E-state index is 0.00529. The summed E-state index contributed by atoms with van der Waals surface area (Å²) in [7, 11) is 0. The molecule has 1 rings (SSSR count). The minimum atomic E-state index is -0.802. The number of ether oxygens (including phenoxy) is 6. The first-order chi connectivity index (χ1) is 24.1. The molecule has 0 aromatic heterocycles. The topological polar surface area (TPSA) is 124 Å². The van der Waals surface area contributed by atoms with Gasteiger partial charge in [-0.25, -0.2) is 0 Å². The van der Waals surface area contributed by atoms with E-state index >= 15 is 0 Å². The number of unbranched alkanes of at least 4 members (excludes halogenated alkanes) is 10. The molecule has 0 bridgehead atoms. The van der Waals surface area contributed by atoms with Crippen LogP contribution in [0.15, 0.2) is 24.3 Å². The van der Waals surface area contributed by atoms with Crippen molar-refractivity contribution in [3.05, 3.63) is 24.3 Å². The Labute approximate surface area is 302 Å². The zero-order chi connectivity index (χ0) is 36.8. The van der Waals surface area contributed by atoms with Gasteiger partial charge in [-0.1, -0.05) is 76.7 Å². The molecule has 0 aliphatic carbocycles. The van der Waals surface area contributed by atoms with Crippen LogP contribution in [-0.2, 0) is 47.6 Å². The normalized spacial score (nSPS) is 15.3. The fourth-order valence-corrected chi connectivity index (χ4v) is 5.11. The zero-order valence-electron chi connectivity index (χ0n) is 31.8. The van der Waals surface area contributed by atoms with E-state index in [2.05, 4.69) is 38.2 Å². The van der Waals surface area contributed by atoms with Crippen molar-refractivity contribution in [3.63, 3.8) is 0 Å². The highest BCUT2D eigenvalue weighted by molar-refractivity contribution is 5.70. The summed E-state index contributed by atoms with van der Waals surface area (Å²) >= 11 is 0. The SMILES string of the molecule is CCCCC/C=C\CCOC(=O)CCCCCC(=O)OCC1(COC(=O)CCCCCC(=O)OCC/C=C\CCCCC)COC(C)(C)OC1. The predicted octanol–water partition coefficient (Wildman–Crippen LogP) is 8.88. The lowest BCUT2D eigenvalue weighted by Crippen LogP contribution is -2.51. The molecule has 0 spiro atoms. The van der Waals surface area contributed by atoms with Crippen molar-refractivity contribution in [1.29, 1.82) is 0 Å². The van der Waals surface area contributed by atoms with Gasteiger partial charge in [-0.05, 0) is 78.1 Å². The Kier molecular flexibility index (Phi) is 26.2. The van der Waals surface area contributed by atoms with E-state index in [-0.39, 0.29) is 63.1 Å². The van der Waals surface area contributed by atoms with Crippen molar-refractivity contribution >= 4 is 23.9 Å². The number of hydrogen-bond acceptors (Lipinski definition) is 10. The first kappa shape index (κ1) is 45.3. The number of rotatable bonds is 30. The van der Waals surface area contributed by atoms with E-state index in [1.54, 1.807) is 13.8 Å². The molecule has 0 aromatic rings. The third-order valence-corrected chi connectivity index (χ3v) is 8.43. The largest absolute Gasteiger partial charge is 0.465 e. The van der Waals surface area contributed by atoms with E-state index < -0.39 is 11.2 Å². The molecule has 1 saturated heterocycles. The lowest BCUT2D eigenvalue weighted by Gasteiger charge is -2.42. The molecule has 0 saturated carbocycles. The maximum absolute atomic E-state index is 12.5. The van der Waals surface area contributed by atoms with Crippen LogP contribution in [0.25, 0.3) is 0 Å². The molecule has 1 fully saturated rings. The quantitative estimate of drug-likeness (QED) is 0.0309. The van der Waals surface area contributed by atoms with Crippen LogP contribution < -0.4 is 0 Å². The van der Waals surface area contributed by atoms with Crippen LogP contribution in [0, 0.1) is 5.41 Å². The summed E-state index contributed by atoms with van der Waals surface area (Å²) in [6.45, 7) is 9.21. The molecule has 10 nitrogen and oxygen atoms in total. The molecule has 0 aromatic carbocycles. The Morgan fingerprint density at radius 3 is 1.24 bits per heavy atom. The van der Waals surface area contributed by atoms with Crippen molar-refractivity contribution in [2.75, 3.05) is 39.6 Å². The molecule has 0 unspecified atom stereocenters. The van der Waals surface area contributed by atoms with E-state index in [1.807, 2.05) is 0 Å². The van der Waals surface area contributed by atoms with Crippen LogP contribution in [0.4, 0.5) is 0 Å². The highest BCUT2D eigenvalue weighted by Gasteiger charge is 2.42. The summed E-state index contributed by atoms with van der Waals surface area (Å²) < 4.78 is 33.4. The molecular formula is C40H68O10. The Morgan fingerprint density at radius 2 is 0.860 bits per heavy atom. The van der Waals surface area contributed by atoms with Gasteiger partial charge in [0.25, 0.3) is 0 Å². The van der Waals surface area contributed by atoms with Crippen molar-refractivity contribution in [2.24, 2.45) is 5.41 Å². The summed E-state index contributed by atoms with van der Waals surface area (Å²) in [6, 6.07) is 0. The fourth-order valence-electron chi connectivity index (χ4n) is 5.11. The zero-order valence-corrected chi connectivity index (χ0v) is 31.8. The highest BCUT2D eigenvalue weighted by Crippen LogP contribution is 2.31. The number of hydrogen-bond donors (Lipinski definition) is 0. The van der Waals surface area contributed by atoms with Gasteiger partial charge in [0.05, 0.1) is 31.8 Å². The summed E-state index contributed by atoms with van der Waals surface area (Å²) in [5.41, 5.74) is -0.802. The predicted molar refractivity (Wildman–Crippen MR) is 194 cm³/mol. The third-order valence-electron chi connectivity index (χ3n) is 8.43. The molecule has 1 aliphatic heterocycles. The second kappa shape index (κ2) is 28.9. The second-order valence-corrected chi connectivity index (χ2v) is 13.9. The third kappa shape index (κ3) is 25.3. The molecule has 288 valence electrons. The summed E-state index contributed by atoms with van der Waals surface area (Å²) in [4.78, 5) is 48.9. The van der Waals surface area contributed by atoms with E-state index in [4.69, 9.17) is 28.4 Å². The number of carbonyl (C=O) groups excluding carboxylic acids is 4. The molecule has 0 amide bonds. The fraction of sp³-hybridized carbons (Fsp3) is 0.800. The average molecular weight is 709 g/mol. The first-order valence-corrected chi connectivity index (χ1v) is 19.3. The molecule has 0 N–H and O–H groups in total. The maximum Gasteiger partial charge on any atom is 0.305 e. The van der Waals surface area contributed by atoms with Crippen LogP contribution in [0.5, 0.6) is 0 Å². The van der Waals surface area contributed by atoms with Crippen LogP contribution in [0.3, 0.4) is 0 Å². The van der Waals surface area contributed by atoms with Gasteiger partial charge in [-0.2, -0.15) is 0 Å². The van der Waals surface area contributed by atoms with Crippen LogP contribution in [0.1, 0.15) is 156 Å². The molecule has 50 heavy (non-hydrogen) atoms. The standard InChI is InChI=1S/C40H68O10/c1-5-7-9-11-13-15-23-29-45-35(41)25-19-17-21-27-37(43)47-31-40(33-49-39(3,4)50-34-40)32-48-38(44)28-22-18-20-26-36(42)46-30-24-16-14-12-10-8-6-2/h13-16H,5-12,17-34H2,1-4H3/b15-13-,16-14-. The van der Waals surface area contributed by atoms with E-state index in [9.17, 15) is 19.2 Å². The van der Waals surface area contributed by atoms with Crippen LogP contribution in [0.2, 0.25) is 0 Å². The Morgan fingerprint density at radius 1 is 0.500 bits per heavy atom. The number of esters is 4. The van der Waals surface area contributed by atoms with Gasteiger partial charge in [-0.3, -0.25) is 19.2 Å². The van der Waals surface area contributed by atoms with Crippen molar-refractivity contribution in [2.45, 2.75) is 162 Å². The van der Waals surface area contributed by atoms with Crippen molar-refractivity contribution in [3.8, 4) is 0 Å². The van der Waals surface area contributed by atoms with Gasteiger partial charge in [0.2, 0.25) is 0 Å².